The zero-order chi connectivity index (χ0) is 15.7. The first-order valence-corrected chi connectivity index (χ1v) is 8.80. The fourth-order valence-corrected chi connectivity index (χ4v) is 4.44. The number of rotatable bonds is 3. The van der Waals surface area contributed by atoms with Crippen molar-refractivity contribution >= 4 is 5.97 Å². The van der Waals surface area contributed by atoms with Gasteiger partial charge in [-0.3, -0.25) is 4.79 Å². The molecule has 0 bridgehead atoms. The number of esters is 1. The Morgan fingerprint density at radius 2 is 2.09 bits per heavy atom. The van der Waals surface area contributed by atoms with Gasteiger partial charge in [-0.05, 0) is 54.9 Å². The fraction of sp³-hybridized carbons (Fsp3) is 0.737. The van der Waals surface area contributed by atoms with Crippen molar-refractivity contribution in [2.24, 2.45) is 23.7 Å². The zero-order valence-electron chi connectivity index (χ0n) is 13.7. The van der Waals surface area contributed by atoms with Gasteiger partial charge in [-0.25, -0.2) is 0 Å². The molecule has 0 aromatic rings. The second-order valence-electron chi connectivity index (χ2n) is 7.49. The quantitative estimate of drug-likeness (QED) is 0.810. The van der Waals surface area contributed by atoms with Crippen LogP contribution in [0.5, 0.6) is 0 Å². The van der Waals surface area contributed by atoms with Crippen LogP contribution in [0.15, 0.2) is 23.8 Å². The number of fused-ring (bicyclic) bond motifs is 1. The van der Waals surface area contributed by atoms with Crippen molar-refractivity contribution in [3.8, 4) is 0 Å². The number of aliphatic hydroxyl groups is 1. The zero-order valence-corrected chi connectivity index (χ0v) is 13.7. The summed E-state index contributed by atoms with van der Waals surface area (Å²) in [5.41, 5.74) is 1.52. The highest BCUT2D eigenvalue weighted by Gasteiger charge is 2.34. The first-order valence-electron chi connectivity index (χ1n) is 8.80. The third-order valence-corrected chi connectivity index (χ3v) is 5.68. The van der Waals surface area contributed by atoms with Gasteiger partial charge in [0.15, 0.2) is 0 Å². The standard InChI is InChI=1S/C19H28O3/c1-12-3-7-18-14(9-12)5-4-13(2)17(18)8-6-16-10-15(20)11-19(21)22-16/h4-5,9,12-13,15-18,20H,3,6-8,10-11H2,1-2H3/t12-,13?,15?,16-,17+,18+/m1/s1. The van der Waals surface area contributed by atoms with Gasteiger partial charge in [0, 0.05) is 6.42 Å². The molecule has 3 aliphatic rings. The molecule has 1 fully saturated rings. The van der Waals surface area contributed by atoms with Crippen molar-refractivity contribution in [2.45, 2.75) is 64.6 Å². The van der Waals surface area contributed by atoms with Crippen LogP contribution in [0.2, 0.25) is 0 Å². The van der Waals surface area contributed by atoms with Crippen LogP contribution in [-0.4, -0.2) is 23.3 Å². The molecular weight excluding hydrogens is 276 g/mol. The van der Waals surface area contributed by atoms with E-state index in [4.69, 9.17) is 4.74 Å². The van der Waals surface area contributed by atoms with Gasteiger partial charge in [-0.1, -0.05) is 32.1 Å². The molecule has 3 nitrogen and oxygen atoms in total. The molecule has 1 N–H and O–H groups in total. The van der Waals surface area contributed by atoms with Crippen molar-refractivity contribution in [1.29, 1.82) is 0 Å². The molecule has 3 rings (SSSR count). The van der Waals surface area contributed by atoms with E-state index in [-0.39, 0.29) is 18.5 Å². The lowest BCUT2D eigenvalue weighted by atomic mass is 9.66. The highest BCUT2D eigenvalue weighted by atomic mass is 16.5. The van der Waals surface area contributed by atoms with Crippen LogP contribution in [0.4, 0.5) is 0 Å². The second-order valence-corrected chi connectivity index (χ2v) is 7.49. The third kappa shape index (κ3) is 3.45. The van der Waals surface area contributed by atoms with Crippen molar-refractivity contribution < 1.29 is 14.6 Å². The lowest BCUT2D eigenvalue weighted by Gasteiger charge is -2.39. The van der Waals surface area contributed by atoms with Crippen molar-refractivity contribution in [1.82, 2.24) is 0 Å². The first-order chi connectivity index (χ1) is 10.5. The Labute approximate surface area is 133 Å². The van der Waals surface area contributed by atoms with Crippen LogP contribution in [0.3, 0.4) is 0 Å². The SMILES string of the molecule is CC1C=CC2=C[C@H](C)CC[C@@H]2[C@H]1CC[C@@H]1CC(O)CC(=O)O1. The average Bonchev–Trinajstić information content (AvgIpc) is 2.45. The van der Waals surface area contributed by atoms with Crippen molar-refractivity contribution in [3.05, 3.63) is 23.8 Å². The van der Waals surface area contributed by atoms with Crippen molar-refractivity contribution in [2.75, 3.05) is 0 Å². The number of cyclic esters (lactones) is 1. The summed E-state index contributed by atoms with van der Waals surface area (Å²) < 4.78 is 5.40. The molecule has 0 radical (unpaired) electrons. The minimum absolute atomic E-state index is 0.0932. The molecule has 0 amide bonds. The molecule has 0 aromatic heterocycles. The summed E-state index contributed by atoms with van der Waals surface area (Å²) in [4.78, 5) is 11.5. The molecule has 1 aliphatic heterocycles. The van der Waals surface area contributed by atoms with Crippen LogP contribution >= 0.6 is 0 Å². The van der Waals surface area contributed by atoms with E-state index in [0.29, 0.717) is 30.1 Å². The van der Waals surface area contributed by atoms with Crippen LogP contribution in [0, 0.1) is 23.7 Å². The summed E-state index contributed by atoms with van der Waals surface area (Å²) in [5.74, 6) is 2.34. The molecule has 0 spiro atoms. The molecule has 1 heterocycles. The Balaban J connectivity index is 1.63. The Bertz CT molecular complexity index is 479. The fourth-order valence-electron chi connectivity index (χ4n) is 4.44. The number of allylic oxidation sites excluding steroid dienone is 4. The van der Waals surface area contributed by atoms with E-state index in [1.165, 1.54) is 18.4 Å². The first kappa shape index (κ1) is 15.8. The number of carbonyl (C=O) groups is 1. The highest BCUT2D eigenvalue weighted by molar-refractivity contribution is 5.70. The lowest BCUT2D eigenvalue weighted by molar-refractivity contribution is -0.160. The van der Waals surface area contributed by atoms with E-state index in [2.05, 4.69) is 32.1 Å². The number of hydrogen-bond donors (Lipinski definition) is 1. The van der Waals surface area contributed by atoms with E-state index < -0.39 is 6.10 Å². The molecule has 6 atom stereocenters. The van der Waals surface area contributed by atoms with Crippen LogP contribution in [0.1, 0.15) is 52.4 Å². The van der Waals surface area contributed by atoms with E-state index in [1.54, 1.807) is 0 Å². The predicted octanol–water partition coefficient (Wildman–Crippen LogP) is 3.63. The van der Waals surface area contributed by atoms with Crippen LogP contribution in [-0.2, 0) is 9.53 Å². The summed E-state index contributed by atoms with van der Waals surface area (Å²) in [6, 6.07) is 0. The molecule has 22 heavy (non-hydrogen) atoms. The molecule has 3 heteroatoms. The molecule has 2 unspecified atom stereocenters. The van der Waals surface area contributed by atoms with Gasteiger partial charge in [-0.2, -0.15) is 0 Å². The maximum Gasteiger partial charge on any atom is 0.308 e. The number of ether oxygens (including phenoxy) is 1. The molecular formula is C19H28O3. The molecule has 2 aliphatic carbocycles. The average molecular weight is 304 g/mol. The van der Waals surface area contributed by atoms with Crippen LogP contribution < -0.4 is 0 Å². The molecule has 0 aromatic carbocycles. The normalized spacial score (nSPS) is 41.6. The van der Waals surface area contributed by atoms with Gasteiger partial charge in [-0.15, -0.1) is 0 Å². The highest BCUT2D eigenvalue weighted by Crippen LogP contribution is 2.43. The Kier molecular flexibility index (Phi) is 4.72. The maximum atomic E-state index is 11.5. The monoisotopic (exact) mass is 304 g/mol. The van der Waals surface area contributed by atoms with Gasteiger partial charge in [0.05, 0.1) is 12.5 Å². The third-order valence-electron chi connectivity index (χ3n) is 5.68. The van der Waals surface area contributed by atoms with Gasteiger partial charge < -0.3 is 9.84 Å². The van der Waals surface area contributed by atoms with Gasteiger partial charge in [0.2, 0.25) is 0 Å². The van der Waals surface area contributed by atoms with Gasteiger partial charge in [0.1, 0.15) is 6.10 Å². The van der Waals surface area contributed by atoms with E-state index >= 15 is 0 Å². The maximum absolute atomic E-state index is 11.5. The second kappa shape index (κ2) is 6.57. The summed E-state index contributed by atoms with van der Waals surface area (Å²) >= 11 is 0. The van der Waals surface area contributed by atoms with Crippen molar-refractivity contribution in [3.63, 3.8) is 0 Å². The molecule has 0 saturated carbocycles. The molecule has 122 valence electrons. The number of carbonyl (C=O) groups excluding carboxylic acids is 1. The Morgan fingerprint density at radius 1 is 1.27 bits per heavy atom. The largest absolute Gasteiger partial charge is 0.462 e. The van der Waals surface area contributed by atoms with Gasteiger partial charge >= 0.3 is 5.97 Å². The summed E-state index contributed by atoms with van der Waals surface area (Å²) in [5, 5.41) is 9.73. The van der Waals surface area contributed by atoms with E-state index in [0.717, 1.165) is 12.8 Å². The Morgan fingerprint density at radius 3 is 2.86 bits per heavy atom. The summed E-state index contributed by atoms with van der Waals surface area (Å²) in [7, 11) is 0. The van der Waals surface area contributed by atoms with E-state index in [1.807, 2.05) is 0 Å². The van der Waals surface area contributed by atoms with E-state index in [9.17, 15) is 9.90 Å². The number of aliphatic hydroxyl groups excluding tert-OH is 1. The number of hydrogen-bond acceptors (Lipinski definition) is 3. The summed E-state index contributed by atoms with van der Waals surface area (Å²) in [6.07, 6.45) is 11.8. The lowest BCUT2D eigenvalue weighted by Crippen LogP contribution is -2.34. The Hall–Kier alpha value is -1.09. The molecule has 1 saturated heterocycles. The van der Waals surface area contributed by atoms with Gasteiger partial charge in [0.25, 0.3) is 0 Å². The minimum atomic E-state index is -0.513. The van der Waals surface area contributed by atoms with Crippen LogP contribution in [0.25, 0.3) is 0 Å². The predicted molar refractivity (Wildman–Crippen MR) is 86.1 cm³/mol. The summed E-state index contributed by atoms with van der Waals surface area (Å²) in [6.45, 7) is 4.60. The topological polar surface area (TPSA) is 46.5 Å². The smallest absolute Gasteiger partial charge is 0.308 e. The minimum Gasteiger partial charge on any atom is -0.462 e.